The molecule has 8 nitrogen and oxygen atoms in total. The van der Waals surface area contributed by atoms with Crippen molar-refractivity contribution in [3.05, 3.63) is 23.8 Å². The van der Waals surface area contributed by atoms with E-state index in [1.54, 1.807) is 7.05 Å². The Bertz CT molecular complexity index is 489. The van der Waals surface area contributed by atoms with Gasteiger partial charge < -0.3 is 4.90 Å². The Morgan fingerprint density at radius 2 is 2.24 bits per heavy atom. The zero-order chi connectivity index (χ0) is 12.3. The van der Waals surface area contributed by atoms with Crippen LogP contribution in [0.1, 0.15) is 29.2 Å². The highest BCUT2D eigenvalue weighted by atomic mass is 16.2. The van der Waals surface area contributed by atoms with E-state index in [1.165, 1.54) is 11.2 Å². The van der Waals surface area contributed by atoms with Crippen LogP contribution in [0.5, 0.6) is 0 Å². The molecule has 0 bridgehead atoms. The van der Waals surface area contributed by atoms with Crippen molar-refractivity contribution >= 4 is 5.91 Å². The minimum atomic E-state index is -0.252. The van der Waals surface area contributed by atoms with Crippen LogP contribution in [0.4, 0.5) is 0 Å². The van der Waals surface area contributed by atoms with Gasteiger partial charge in [-0.25, -0.2) is 9.97 Å². The van der Waals surface area contributed by atoms with Crippen molar-refractivity contribution in [3.63, 3.8) is 0 Å². The molecule has 0 aliphatic rings. The molecule has 2 aromatic rings. The summed E-state index contributed by atoms with van der Waals surface area (Å²) < 4.78 is 0. The minimum Gasteiger partial charge on any atom is -0.331 e. The molecule has 0 spiro atoms. The summed E-state index contributed by atoms with van der Waals surface area (Å²) >= 11 is 0. The van der Waals surface area contributed by atoms with Crippen LogP contribution in [0.25, 0.3) is 0 Å². The summed E-state index contributed by atoms with van der Waals surface area (Å²) in [5.74, 6) is 1.23. The number of carbonyl (C=O) groups is 1. The highest BCUT2D eigenvalue weighted by Crippen LogP contribution is 2.01. The van der Waals surface area contributed by atoms with Crippen molar-refractivity contribution in [1.29, 1.82) is 0 Å². The number of carbonyl (C=O) groups excluding carboxylic acids is 1. The fourth-order valence-corrected chi connectivity index (χ4v) is 1.32. The van der Waals surface area contributed by atoms with Gasteiger partial charge in [0.25, 0.3) is 5.91 Å². The summed E-state index contributed by atoms with van der Waals surface area (Å²) in [6, 6.07) is 0. The van der Waals surface area contributed by atoms with Crippen LogP contribution < -0.4 is 0 Å². The number of aromatic nitrogens is 6. The van der Waals surface area contributed by atoms with Gasteiger partial charge >= 0.3 is 0 Å². The third-order valence-electron chi connectivity index (χ3n) is 2.26. The van der Waals surface area contributed by atoms with Crippen LogP contribution in [0.15, 0.2) is 6.33 Å². The molecule has 2 rings (SSSR count). The summed E-state index contributed by atoms with van der Waals surface area (Å²) in [6.07, 6.45) is 2.11. The van der Waals surface area contributed by atoms with Gasteiger partial charge in [-0.3, -0.25) is 15.0 Å². The number of aromatic amines is 2. The van der Waals surface area contributed by atoms with E-state index in [0.29, 0.717) is 24.6 Å². The second-order valence-corrected chi connectivity index (χ2v) is 3.55. The van der Waals surface area contributed by atoms with Gasteiger partial charge in [0.1, 0.15) is 18.0 Å². The molecule has 0 saturated carbocycles. The molecule has 1 amide bonds. The largest absolute Gasteiger partial charge is 0.331 e. The third kappa shape index (κ3) is 2.47. The van der Waals surface area contributed by atoms with Gasteiger partial charge in [0.05, 0.1) is 6.54 Å². The topological polar surface area (TPSA) is 103 Å². The lowest BCUT2D eigenvalue weighted by molar-refractivity contribution is 0.0770. The maximum Gasteiger partial charge on any atom is 0.293 e. The van der Waals surface area contributed by atoms with E-state index in [2.05, 4.69) is 30.4 Å². The molecule has 2 aromatic heterocycles. The van der Waals surface area contributed by atoms with E-state index in [-0.39, 0.29) is 11.7 Å². The quantitative estimate of drug-likeness (QED) is 0.761. The lowest BCUT2D eigenvalue weighted by Gasteiger charge is -2.12. The molecule has 0 atom stereocenters. The van der Waals surface area contributed by atoms with Crippen molar-refractivity contribution in [1.82, 2.24) is 35.3 Å². The van der Waals surface area contributed by atoms with E-state index >= 15 is 0 Å². The van der Waals surface area contributed by atoms with E-state index in [9.17, 15) is 4.79 Å². The van der Waals surface area contributed by atoms with Gasteiger partial charge in [0.2, 0.25) is 5.82 Å². The lowest BCUT2D eigenvalue weighted by atomic mass is 10.4. The molecule has 0 fully saturated rings. The summed E-state index contributed by atoms with van der Waals surface area (Å²) in [5, 5.41) is 13.0. The molecular formula is C9H13N7O. The number of H-pyrrole nitrogens is 2. The Morgan fingerprint density at radius 3 is 2.82 bits per heavy atom. The molecule has 2 heterocycles. The number of nitrogens with one attached hydrogen (secondary N) is 2. The first-order valence-corrected chi connectivity index (χ1v) is 5.21. The molecule has 0 unspecified atom stereocenters. The summed E-state index contributed by atoms with van der Waals surface area (Å²) in [4.78, 5) is 21.4. The number of hydrogen-bond acceptors (Lipinski definition) is 5. The second kappa shape index (κ2) is 4.73. The summed E-state index contributed by atoms with van der Waals surface area (Å²) in [7, 11) is 1.66. The van der Waals surface area contributed by atoms with Crippen LogP contribution in [0.2, 0.25) is 0 Å². The van der Waals surface area contributed by atoms with Crippen LogP contribution in [0, 0.1) is 0 Å². The molecule has 0 radical (unpaired) electrons. The van der Waals surface area contributed by atoms with Crippen molar-refractivity contribution in [2.45, 2.75) is 19.9 Å². The highest BCUT2D eigenvalue weighted by Gasteiger charge is 2.17. The Balaban J connectivity index is 2.04. The molecule has 17 heavy (non-hydrogen) atoms. The van der Waals surface area contributed by atoms with Gasteiger partial charge in [-0.1, -0.05) is 6.92 Å². The van der Waals surface area contributed by atoms with Gasteiger partial charge in [-0.05, 0) is 0 Å². The van der Waals surface area contributed by atoms with E-state index in [1.807, 2.05) is 6.92 Å². The number of amides is 1. The van der Waals surface area contributed by atoms with Gasteiger partial charge in [-0.15, -0.1) is 5.10 Å². The average molecular weight is 235 g/mol. The van der Waals surface area contributed by atoms with Crippen LogP contribution in [-0.2, 0) is 13.0 Å². The molecule has 8 heteroatoms. The number of nitrogens with zero attached hydrogens (tertiary/aromatic N) is 5. The zero-order valence-electron chi connectivity index (χ0n) is 9.64. The molecule has 0 aliphatic heterocycles. The Morgan fingerprint density at radius 1 is 1.41 bits per heavy atom. The Labute approximate surface area is 97.5 Å². The first-order valence-electron chi connectivity index (χ1n) is 5.21. The van der Waals surface area contributed by atoms with Crippen molar-refractivity contribution in [2.24, 2.45) is 0 Å². The second-order valence-electron chi connectivity index (χ2n) is 3.55. The molecule has 90 valence electrons. The molecule has 2 N–H and O–H groups in total. The summed E-state index contributed by atoms with van der Waals surface area (Å²) in [6.45, 7) is 2.28. The predicted octanol–water partition coefficient (Wildman–Crippen LogP) is -0.243. The van der Waals surface area contributed by atoms with E-state index < -0.39 is 0 Å². The zero-order valence-corrected chi connectivity index (χ0v) is 9.64. The first-order chi connectivity index (χ1) is 8.20. The van der Waals surface area contributed by atoms with Crippen molar-refractivity contribution in [2.75, 3.05) is 7.05 Å². The number of hydrogen-bond donors (Lipinski definition) is 2. The highest BCUT2D eigenvalue weighted by molar-refractivity contribution is 5.90. The smallest absolute Gasteiger partial charge is 0.293 e. The standard InChI is InChI=1S/C9H13N7O/c1-3-6-12-8(15-14-6)9(17)16(2)4-7-10-5-11-13-7/h5H,3-4H2,1-2H3,(H,10,11,13)(H,12,14,15). The minimum absolute atomic E-state index is 0.170. The Kier molecular flexibility index (Phi) is 3.12. The SMILES string of the molecule is CCc1nc(C(=O)N(C)Cc2ncn[nH]2)n[nH]1. The maximum atomic E-state index is 11.9. The predicted molar refractivity (Wildman–Crippen MR) is 57.9 cm³/mol. The molecule has 0 saturated heterocycles. The number of aryl methyl sites for hydroxylation is 1. The van der Waals surface area contributed by atoms with E-state index in [4.69, 9.17) is 0 Å². The third-order valence-corrected chi connectivity index (χ3v) is 2.26. The maximum absolute atomic E-state index is 11.9. The normalized spacial score (nSPS) is 10.5. The molecule has 0 aromatic carbocycles. The van der Waals surface area contributed by atoms with Gasteiger partial charge in [0, 0.05) is 13.5 Å². The van der Waals surface area contributed by atoms with Crippen molar-refractivity contribution in [3.8, 4) is 0 Å². The lowest BCUT2D eigenvalue weighted by Crippen LogP contribution is -2.27. The van der Waals surface area contributed by atoms with Crippen LogP contribution in [0.3, 0.4) is 0 Å². The fourth-order valence-electron chi connectivity index (χ4n) is 1.32. The number of rotatable bonds is 4. The van der Waals surface area contributed by atoms with Gasteiger partial charge in [-0.2, -0.15) is 5.10 Å². The average Bonchev–Trinajstić information content (AvgIpc) is 2.98. The van der Waals surface area contributed by atoms with Crippen LogP contribution >= 0.6 is 0 Å². The monoisotopic (exact) mass is 235 g/mol. The first kappa shape index (κ1) is 11.2. The molecular weight excluding hydrogens is 222 g/mol. The van der Waals surface area contributed by atoms with E-state index in [0.717, 1.165) is 0 Å². The fraction of sp³-hybridized carbons (Fsp3) is 0.444. The van der Waals surface area contributed by atoms with Gasteiger partial charge in [0.15, 0.2) is 0 Å². The molecule has 0 aliphatic carbocycles. The van der Waals surface area contributed by atoms with Crippen LogP contribution in [-0.4, -0.2) is 48.2 Å². The van der Waals surface area contributed by atoms with Crippen molar-refractivity contribution < 1.29 is 4.79 Å². The summed E-state index contributed by atoms with van der Waals surface area (Å²) in [5.41, 5.74) is 0. The Hall–Kier alpha value is -2.25.